The lowest BCUT2D eigenvalue weighted by Crippen LogP contribution is -2.18. The van der Waals surface area contributed by atoms with Crippen molar-refractivity contribution in [1.29, 1.82) is 0 Å². The van der Waals surface area contributed by atoms with Gasteiger partial charge in [0.1, 0.15) is 0 Å². The fourth-order valence-corrected chi connectivity index (χ4v) is 4.55. The molecule has 4 aromatic carbocycles. The standard InChI is InChI=1S/C34H25N5O/c40-34(30-23-33(32-17-9-10-22-35-32)37-31-16-8-7-15-29(30)31)38-36-24-25-18-20-28(21-19-25)39(26-11-3-1-4-12-26)27-13-5-2-6-14-27/h1-24H,(H,38,40)/b36-24+. The summed E-state index contributed by atoms with van der Waals surface area (Å²) in [4.78, 5) is 24.5. The summed E-state index contributed by atoms with van der Waals surface area (Å²) < 4.78 is 0. The Bertz CT molecular complexity index is 1730. The number of hydrogen-bond acceptors (Lipinski definition) is 5. The molecule has 1 N–H and O–H groups in total. The summed E-state index contributed by atoms with van der Waals surface area (Å²) in [6.07, 6.45) is 3.35. The van der Waals surface area contributed by atoms with Crippen LogP contribution in [0.3, 0.4) is 0 Å². The van der Waals surface area contributed by atoms with Crippen molar-refractivity contribution in [1.82, 2.24) is 15.4 Å². The van der Waals surface area contributed by atoms with E-state index in [2.05, 4.69) is 44.7 Å². The maximum absolute atomic E-state index is 13.2. The Hall–Kier alpha value is -5.62. The third-order valence-corrected chi connectivity index (χ3v) is 6.45. The molecule has 0 aliphatic heterocycles. The molecule has 2 heterocycles. The van der Waals surface area contributed by atoms with Crippen molar-refractivity contribution in [3.05, 3.63) is 151 Å². The van der Waals surface area contributed by atoms with E-state index in [9.17, 15) is 4.79 Å². The van der Waals surface area contributed by atoms with Crippen molar-refractivity contribution >= 4 is 40.1 Å². The average molecular weight is 520 g/mol. The maximum atomic E-state index is 13.2. The summed E-state index contributed by atoms with van der Waals surface area (Å²) in [7, 11) is 0. The molecule has 1 amide bonds. The highest BCUT2D eigenvalue weighted by molar-refractivity contribution is 6.07. The van der Waals surface area contributed by atoms with Gasteiger partial charge in [-0.05, 0) is 66.2 Å². The average Bonchev–Trinajstić information content (AvgIpc) is 3.03. The van der Waals surface area contributed by atoms with Crippen molar-refractivity contribution in [3.8, 4) is 11.4 Å². The van der Waals surface area contributed by atoms with Gasteiger partial charge in [-0.1, -0.05) is 72.8 Å². The fourth-order valence-electron chi connectivity index (χ4n) is 4.55. The third kappa shape index (κ3) is 5.33. The number of hydrazone groups is 1. The van der Waals surface area contributed by atoms with Crippen LogP contribution in [0, 0.1) is 0 Å². The van der Waals surface area contributed by atoms with Crippen LogP contribution in [0.5, 0.6) is 0 Å². The van der Waals surface area contributed by atoms with Gasteiger partial charge in [0, 0.05) is 28.6 Å². The Morgan fingerprint density at radius 3 is 1.98 bits per heavy atom. The number of hydrogen-bond donors (Lipinski definition) is 1. The molecule has 0 fully saturated rings. The second kappa shape index (κ2) is 11.4. The molecule has 6 aromatic rings. The van der Waals surface area contributed by atoms with Crippen LogP contribution in [-0.4, -0.2) is 22.1 Å². The molecular formula is C34H25N5O. The molecule has 192 valence electrons. The number of aromatic nitrogens is 2. The number of para-hydroxylation sites is 3. The van der Waals surface area contributed by atoms with Gasteiger partial charge < -0.3 is 4.90 Å². The molecule has 6 nitrogen and oxygen atoms in total. The van der Waals surface area contributed by atoms with E-state index in [4.69, 9.17) is 4.98 Å². The lowest BCUT2D eigenvalue weighted by Gasteiger charge is -2.25. The van der Waals surface area contributed by atoms with E-state index in [1.54, 1.807) is 18.5 Å². The molecule has 6 rings (SSSR count). The molecule has 0 aliphatic rings. The van der Waals surface area contributed by atoms with Gasteiger partial charge >= 0.3 is 0 Å². The predicted molar refractivity (Wildman–Crippen MR) is 161 cm³/mol. The van der Waals surface area contributed by atoms with Crippen LogP contribution in [0.25, 0.3) is 22.3 Å². The van der Waals surface area contributed by atoms with Gasteiger partial charge in [-0.25, -0.2) is 10.4 Å². The fraction of sp³-hybridized carbons (Fsp3) is 0. The summed E-state index contributed by atoms with van der Waals surface area (Å²) in [5.74, 6) is -0.317. The van der Waals surface area contributed by atoms with Gasteiger partial charge in [0.25, 0.3) is 5.91 Å². The minimum atomic E-state index is -0.317. The van der Waals surface area contributed by atoms with Crippen LogP contribution in [0.15, 0.2) is 145 Å². The molecule has 0 unspecified atom stereocenters. The molecular weight excluding hydrogens is 494 g/mol. The summed E-state index contributed by atoms with van der Waals surface area (Å²) in [6, 6.07) is 43.4. The van der Waals surface area contributed by atoms with E-state index in [0.29, 0.717) is 17.0 Å². The number of fused-ring (bicyclic) bond motifs is 1. The zero-order chi connectivity index (χ0) is 27.1. The second-order valence-electron chi connectivity index (χ2n) is 9.08. The maximum Gasteiger partial charge on any atom is 0.272 e. The van der Waals surface area contributed by atoms with Gasteiger partial charge in [0.15, 0.2) is 0 Å². The van der Waals surface area contributed by atoms with Crippen molar-refractivity contribution in [2.45, 2.75) is 0 Å². The van der Waals surface area contributed by atoms with Gasteiger partial charge in [-0.15, -0.1) is 0 Å². The minimum Gasteiger partial charge on any atom is -0.311 e. The largest absolute Gasteiger partial charge is 0.311 e. The number of nitrogens with one attached hydrogen (secondary N) is 1. The minimum absolute atomic E-state index is 0.317. The Balaban J connectivity index is 1.23. The number of rotatable bonds is 7. The van der Waals surface area contributed by atoms with Crippen molar-refractivity contribution in [2.75, 3.05) is 4.90 Å². The molecule has 40 heavy (non-hydrogen) atoms. The van der Waals surface area contributed by atoms with Crippen LogP contribution in [-0.2, 0) is 0 Å². The van der Waals surface area contributed by atoms with E-state index >= 15 is 0 Å². The first-order valence-electron chi connectivity index (χ1n) is 12.9. The highest BCUT2D eigenvalue weighted by Crippen LogP contribution is 2.34. The smallest absolute Gasteiger partial charge is 0.272 e. The highest BCUT2D eigenvalue weighted by atomic mass is 16.2. The van der Waals surface area contributed by atoms with Gasteiger partial charge in [0.2, 0.25) is 0 Å². The Kier molecular flexibility index (Phi) is 7.05. The summed E-state index contributed by atoms with van der Waals surface area (Å²) in [5, 5.41) is 4.99. The summed E-state index contributed by atoms with van der Waals surface area (Å²) in [6.45, 7) is 0. The Labute approximate surface area is 232 Å². The van der Waals surface area contributed by atoms with E-state index in [1.165, 1.54) is 0 Å². The molecule has 0 bridgehead atoms. The SMILES string of the molecule is O=C(N/N=C/c1ccc(N(c2ccccc2)c2ccccc2)cc1)c1cc(-c2ccccn2)nc2ccccc12. The lowest BCUT2D eigenvalue weighted by atomic mass is 10.1. The second-order valence-corrected chi connectivity index (χ2v) is 9.08. The molecule has 0 aliphatic carbocycles. The number of nitrogens with zero attached hydrogens (tertiary/aromatic N) is 4. The number of anilines is 3. The van der Waals surface area contributed by atoms with E-state index in [-0.39, 0.29) is 5.91 Å². The monoisotopic (exact) mass is 519 g/mol. The first-order valence-corrected chi connectivity index (χ1v) is 12.9. The molecule has 0 spiro atoms. The van der Waals surface area contributed by atoms with Crippen molar-refractivity contribution in [3.63, 3.8) is 0 Å². The number of pyridine rings is 2. The zero-order valence-corrected chi connectivity index (χ0v) is 21.6. The van der Waals surface area contributed by atoms with Crippen LogP contribution >= 0.6 is 0 Å². The van der Waals surface area contributed by atoms with Crippen LogP contribution in [0.4, 0.5) is 17.1 Å². The molecule has 0 saturated carbocycles. The van der Waals surface area contributed by atoms with Gasteiger partial charge in [-0.3, -0.25) is 9.78 Å². The Morgan fingerprint density at radius 1 is 0.675 bits per heavy atom. The number of amides is 1. The van der Waals surface area contributed by atoms with Crippen molar-refractivity contribution in [2.24, 2.45) is 5.10 Å². The Morgan fingerprint density at radius 2 is 1.30 bits per heavy atom. The lowest BCUT2D eigenvalue weighted by molar-refractivity contribution is 0.0956. The molecule has 0 saturated heterocycles. The molecule has 6 heteroatoms. The first kappa shape index (κ1) is 24.7. The van der Waals surface area contributed by atoms with E-state index in [0.717, 1.165) is 33.5 Å². The number of benzene rings is 4. The topological polar surface area (TPSA) is 70.5 Å². The first-order chi connectivity index (χ1) is 19.8. The van der Waals surface area contributed by atoms with E-state index in [1.807, 2.05) is 103 Å². The van der Waals surface area contributed by atoms with Gasteiger partial charge in [-0.2, -0.15) is 5.10 Å². The summed E-state index contributed by atoms with van der Waals surface area (Å²) >= 11 is 0. The van der Waals surface area contributed by atoms with E-state index < -0.39 is 0 Å². The summed E-state index contributed by atoms with van der Waals surface area (Å²) in [5.41, 5.74) is 9.23. The quantitative estimate of drug-likeness (QED) is 0.175. The number of carbonyl (C=O) groups is 1. The van der Waals surface area contributed by atoms with Gasteiger partial charge in [0.05, 0.1) is 28.7 Å². The van der Waals surface area contributed by atoms with Crippen LogP contribution in [0.2, 0.25) is 0 Å². The highest BCUT2D eigenvalue weighted by Gasteiger charge is 2.14. The van der Waals surface area contributed by atoms with Crippen LogP contribution < -0.4 is 10.3 Å². The van der Waals surface area contributed by atoms with Crippen molar-refractivity contribution < 1.29 is 4.79 Å². The predicted octanol–water partition coefficient (Wildman–Crippen LogP) is 7.53. The molecule has 0 radical (unpaired) electrons. The molecule has 0 atom stereocenters. The van der Waals surface area contributed by atoms with Crippen LogP contribution in [0.1, 0.15) is 15.9 Å². The normalized spacial score (nSPS) is 11.0. The number of carbonyl (C=O) groups excluding carboxylic acids is 1. The zero-order valence-electron chi connectivity index (χ0n) is 21.6. The molecule has 2 aromatic heterocycles. The third-order valence-electron chi connectivity index (χ3n) is 6.45.